The van der Waals surface area contributed by atoms with Crippen LogP contribution in [0.5, 0.6) is 0 Å². The molecular formula is C22H25N5O2. The number of benzene rings is 1. The van der Waals surface area contributed by atoms with Gasteiger partial charge in [0.25, 0.3) is 5.91 Å². The van der Waals surface area contributed by atoms with E-state index in [1.165, 1.54) is 16.7 Å². The molecule has 4 heterocycles. The van der Waals surface area contributed by atoms with Crippen LogP contribution in [0.25, 0.3) is 5.65 Å². The summed E-state index contributed by atoms with van der Waals surface area (Å²) in [7, 11) is 1.66. The third kappa shape index (κ3) is 3.10. The number of nitrogens with zero attached hydrogens (tertiary/aromatic N) is 5. The van der Waals surface area contributed by atoms with Gasteiger partial charge in [0.15, 0.2) is 5.65 Å². The lowest BCUT2D eigenvalue weighted by molar-refractivity contribution is 0.0724. The zero-order valence-electron chi connectivity index (χ0n) is 16.7. The Hall–Kier alpha value is -3.09. The van der Waals surface area contributed by atoms with Crippen molar-refractivity contribution in [2.75, 3.05) is 24.5 Å². The molecule has 29 heavy (non-hydrogen) atoms. The maximum Gasteiger partial charge on any atom is 0.350 e. The summed E-state index contributed by atoms with van der Waals surface area (Å²) >= 11 is 0. The van der Waals surface area contributed by atoms with Gasteiger partial charge < -0.3 is 9.80 Å². The van der Waals surface area contributed by atoms with Crippen molar-refractivity contribution >= 4 is 22.9 Å². The first kappa shape index (κ1) is 18.0. The third-order valence-corrected chi connectivity index (χ3v) is 6.05. The molecule has 1 saturated heterocycles. The molecule has 1 aromatic carbocycles. The summed E-state index contributed by atoms with van der Waals surface area (Å²) in [6.45, 7) is 2.64. The average Bonchev–Trinajstić information content (AvgIpc) is 3.06. The van der Waals surface area contributed by atoms with Gasteiger partial charge in [-0.05, 0) is 61.9 Å². The third-order valence-electron chi connectivity index (χ3n) is 6.05. The second-order valence-electron chi connectivity index (χ2n) is 7.97. The number of aryl methyl sites for hydroxylation is 2. The second kappa shape index (κ2) is 7.06. The van der Waals surface area contributed by atoms with E-state index in [1.54, 1.807) is 17.6 Å². The van der Waals surface area contributed by atoms with Crippen molar-refractivity contribution in [3.63, 3.8) is 0 Å². The van der Waals surface area contributed by atoms with E-state index < -0.39 is 0 Å². The summed E-state index contributed by atoms with van der Waals surface area (Å²) < 4.78 is 2.90. The zero-order valence-corrected chi connectivity index (χ0v) is 16.7. The minimum Gasteiger partial charge on any atom is -0.341 e. The zero-order chi connectivity index (χ0) is 20.0. The van der Waals surface area contributed by atoms with E-state index in [9.17, 15) is 9.59 Å². The van der Waals surface area contributed by atoms with E-state index >= 15 is 0 Å². The minimum atomic E-state index is -0.147. The molecule has 0 bridgehead atoms. The van der Waals surface area contributed by atoms with Crippen molar-refractivity contribution in [1.82, 2.24) is 19.1 Å². The largest absolute Gasteiger partial charge is 0.350 e. The molecule has 2 aromatic heterocycles. The molecule has 0 unspecified atom stereocenters. The Kier molecular flexibility index (Phi) is 4.38. The number of aromatic nitrogens is 3. The lowest BCUT2D eigenvalue weighted by Crippen LogP contribution is -2.35. The maximum absolute atomic E-state index is 12.9. The van der Waals surface area contributed by atoms with Gasteiger partial charge in [-0.25, -0.2) is 9.48 Å². The number of carbonyl (C=O) groups excluding carboxylic acids is 1. The van der Waals surface area contributed by atoms with Crippen LogP contribution in [0.3, 0.4) is 0 Å². The molecular weight excluding hydrogens is 366 g/mol. The number of carbonyl (C=O) groups is 1. The number of hydrogen-bond acceptors (Lipinski definition) is 4. The van der Waals surface area contributed by atoms with Gasteiger partial charge >= 0.3 is 5.69 Å². The first-order chi connectivity index (χ1) is 14.1. The quantitative estimate of drug-likeness (QED) is 0.674. The number of amides is 1. The number of fused-ring (bicyclic) bond motifs is 2. The van der Waals surface area contributed by atoms with Crippen LogP contribution in [0.1, 0.15) is 41.6 Å². The number of pyridine rings is 1. The minimum absolute atomic E-state index is 0.147. The molecule has 7 heteroatoms. The molecule has 0 radical (unpaired) electrons. The summed E-state index contributed by atoms with van der Waals surface area (Å²) in [5.74, 6) is 0.152. The van der Waals surface area contributed by atoms with Crippen LogP contribution >= 0.6 is 0 Å². The molecule has 0 saturated carbocycles. The van der Waals surface area contributed by atoms with Gasteiger partial charge in [0.05, 0.1) is 0 Å². The topological polar surface area (TPSA) is 62.9 Å². The van der Waals surface area contributed by atoms with Gasteiger partial charge in [0.2, 0.25) is 0 Å². The van der Waals surface area contributed by atoms with Crippen molar-refractivity contribution in [3.8, 4) is 0 Å². The van der Waals surface area contributed by atoms with Gasteiger partial charge in [0.1, 0.15) is 0 Å². The number of hydrogen-bond donors (Lipinski definition) is 0. The molecule has 3 aromatic rings. The Morgan fingerprint density at radius 1 is 1.00 bits per heavy atom. The summed E-state index contributed by atoms with van der Waals surface area (Å²) in [6, 6.07) is 10.0. The van der Waals surface area contributed by atoms with E-state index in [2.05, 4.69) is 22.1 Å². The fraction of sp³-hybridized carbons (Fsp3) is 0.409. The van der Waals surface area contributed by atoms with Gasteiger partial charge in [-0.1, -0.05) is 0 Å². The predicted molar refractivity (Wildman–Crippen MR) is 112 cm³/mol. The Bertz CT molecular complexity index is 1140. The van der Waals surface area contributed by atoms with Crippen LogP contribution in [0, 0.1) is 0 Å². The van der Waals surface area contributed by atoms with Crippen LogP contribution in [-0.2, 0) is 13.5 Å². The first-order valence-electron chi connectivity index (χ1n) is 10.4. The Labute approximate surface area is 169 Å². The normalized spacial score (nSPS) is 16.9. The second-order valence-corrected chi connectivity index (χ2v) is 7.97. The van der Waals surface area contributed by atoms with E-state index in [-0.39, 0.29) is 11.6 Å². The van der Waals surface area contributed by atoms with E-state index in [0.717, 1.165) is 62.3 Å². The smallest absolute Gasteiger partial charge is 0.341 e. The predicted octanol–water partition coefficient (Wildman–Crippen LogP) is 2.74. The summed E-state index contributed by atoms with van der Waals surface area (Å²) in [5, 5.41) is 4.30. The van der Waals surface area contributed by atoms with Crippen molar-refractivity contribution < 1.29 is 4.79 Å². The van der Waals surface area contributed by atoms with E-state index in [1.807, 2.05) is 23.1 Å². The Morgan fingerprint density at radius 3 is 2.66 bits per heavy atom. The highest BCUT2D eigenvalue weighted by atomic mass is 16.2. The van der Waals surface area contributed by atoms with Gasteiger partial charge in [0, 0.05) is 55.9 Å². The lowest BCUT2D eigenvalue weighted by Gasteiger charge is -2.32. The molecule has 2 aliphatic heterocycles. The Balaban J connectivity index is 1.48. The summed E-state index contributed by atoms with van der Waals surface area (Å²) in [6.07, 6.45) is 7.19. The van der Waals surface area contributed by atoms with Crippen molar-refractivity contribution in [2.45, 2.75) is 32.1 Å². The van der Waals surface area contributed by atoms with Gasteiger partial charge in [-0.2, -0.15) is 5.10 Å². The van der Waals surface area contributed by atoms with Crippen molar-refractivity contribution in [2.24, 2.45) is 7.05 Å². The summed E-state index contributed by atoms with van der Waals surface area (Å²) in [5.41, 5.74) is 4.63. The highest BCUT2D eigenvalue weighted by Crippen LogP contribution is 2.34. The standard InChI is InChI=1S/C22H25N5O2/c1-24-22(29)27-13-9-18(15-20(27)23-24)26-12-5-6-16-14-17(7-8-19(16)26)21(28)25-10-3-2-4-11-25/h7-9,13-15H,2-6,10-12H2,1H3. The maximum atomic E-state index is 12.9. The number of piperidine rings is 1. The summed E-state index contributed by atoms with van der Waals surface area (Å²) in [4.78, 5) is 29.2. The average molecular weight is 391 g/mol. The van der Waals surface area contributed by atoms with E-state index in [0.29, 0.717) is 5.65 Å². The van der Waals surface area contributed by atoms with Gasteiger partial charge in [-0.3, -0.25) is 9.20 Å². The molecule has 5 rings (SSSR count). The van der Waals surface area contributed by atoms with E-state index in [4.69, 9.17) is 0 Å². The fourth-order valence-electron chi connectivity index (χ4n) is 4.51. The van der Waals surface area contributed by atoms with Crippen LogP contribution in [0.4, 0.5) is 11.4 Å². The highest BCUT2D eigenvalue weighted by molar-refractivity contribution is 5.95. The van der Waals surface area contributed by atoms with Crippen LogP contribution in [0.2, 0.25) is 0 Å². The van der Waals surface area contributed by atoms with Crippen molar-refractivity contribution in [3.05, 3.63) is 58.1 Å². The molecule has 0 spiro atoms. The molecule has 0 atom stereocenters. The molecule has 2 aliphatic rings. The SMILES string of the molecule is Cn1nc2cc(N3CCCc4cc(C(=O)N5CCCCC5)ccc43)ccn2c1=O. The monoisotopic (exact) mass is 391 g/mol. The number of anilines is 2. The van der Waals surface area contributed by atoms with Crippen molar-refractivity contribution in [1.29, 1.82) is 0 Å². The molecule has 150 valence electrons. The van der Waals surface area contributed by atoms with Crippen LogP contribution < -0.4 is 10.6 Å². The molecule has 7 nitrogen and oxygen atoms in total. The highest BCUT2D eigenvalue weighted by Gasteiger charge is 2.23. The Morgan fingerprint density at radius 2 is 1.83 bits per heavy atom. The fourth-order valence-corrected chi connectivity index (χ4v) is 4.51. The molecule has 0 N–H and O–H groups in total. The number of rotatable bonds is 2. The van der Waals surface area contributed by atoms with Gasteiger partial charge in [-0.15, -0.1) is 0 Å². The first-order valence-corrected chi connectivity index (χ1v) is 10.4. The van der Waals surface area contributed by atoms with Crippen LogP contribution in [0.15, 0.2) is 41.3 Å². The molecule has 0 aliphatic carbocycles. The number of likely N-dealkylation sites (tertiary alicyclic amines) is 1. The van der Waals surface area contributed by atoms with Crippen LogP contribution in [-0.4, -0.2) is 44.6 Å². The molecule has 1 fully saturated rings. The lowest BCUT2D eigenvalue weighted by atomic mass is 9.98. The molecule has 1 amide bonds.